The predicted octanol–water partition coefficient (Wildman–Crippen LogP) is 1.33. The fourth-order valence-electron chi connectivity index (χ4n) is 2.32. The number of nitrogens with zero attached hydrogens (tertiary/aromatic N) is 2. The van der Waals surface area contributed by atoms with Crippen LogP contribution in [0.4, 0.5) is 5.69 Å². The first-order valence-electron chi connectivity index (χ1n) is 6.35. The zero-order chi connectivity index (χ0) is 14.0. The maximum atomic E-state index is 12.2. The number of rotatable bonds is 3. The van der Waals surface area contributed by atoms with Crippen molar-refractivity contribution >= 4 is 11.6 Å². The SMILES string of the molecule is CCc1ccc(C(=O)N2CC[C@@H](N)C2)cc1[N+](=O)[O-]. The van der Waals surface area contributed by atoms with Gasteiger partial charge < -0.3 is 10.6 Å². The minimum atomic E-state index is -0.439. The van der Waals surface area contributed by atoms with E-state index in [0.29, 0.717) is 30.6 Å². The Morgan fingerprint density at radius 2 is 2.32 bits per heavy atom. The number of amides is 1. The number of aryl methyl sites for hydroxylation is 1. The van der Waals surface area contributed by atoms with Gasteiger partial charge in [0.15, 0.2) is 0 Å². The van der Waals surface area contributed by atoms with Gasteiger partial charge in [-0.25, -0.2) is 0 Å². The molecule has 0 aliphatic carbocycles. The zero-order valence-corrected chi connectivity index (χ0v) is 10.8. The molecule has 1 heterocycles. The number of likely N-dealkylation sites (tertiary alicyclic amines) is 1. The van der Waals surface area contributed by atoms with Crippen LogP contribution in [0.2, 0.25) is 0 Å². The Morgan fingerprint density at radius 1 is 1.58 bits per heavy atom. The number of hydrogen-bond acceptors (Lipinski definition) is 4. The zero-order valence-electron chi connectivity index (χ0n) is 10.8. The summed E-state index contributed by atoms with van der Waals surface area (Å²) >= 11 is 0. The maximum absolute atomic E-state index is 12.2. The van der Waals surface area contributed by atoms with E-state index >= 15 is 0 Å². The highest BCUT2D eigenvalue weighted by atomic mass is 16.6. The Bertz CT molecular complexity index is 516. The molecule has 6 heteroatoms. The van der Waals surface area contributed by atoms with Gasteiger partial charge in [-0.1, -0.05) is 13.0 Å². The van der Waals surface area contributed by atoms with Crippen LogP contribution < -0.4 is 5.73 Å². The summed E-state index contributed by atoms with van der Waals surface area (Å²) in [6, 6.07) is 4.68. The topological polar surface area (TPSA) is 89.5 Å². The summed E-state index contributed by atoms with van der Waals surface area (Å²) in [5, 5.41) is 11.0. The Balaban J connectivity index is 2.28. The highest BCUT2D eigenvalue weighted by Crippen LogP contribution is 2.22. The molecule has 0 bridgehead atoms. The Kier molecular flexibility index (Phi) is 3.80. The van der Waals surface area contributed by atoms with Crippen molar-refractivity contribution in [2.75, 3.05) is 13.1 Å². The van der Waals surface area contributed by atoms with Crippen molar-refractivity contribution in [2.45, 2.75) is 25.8 Å². The summed E-state index contributed by atoms with van der Waals surface area (Å²) in [6.45, 7) is 2.98. The highest BCUT2D eigenvalue weighted by Gasteiger charge is 2.26. The third-order valence-electron chi connectivity index (χ3n) is 3.42. The predicted molar refractivity (Wildman–Crippen MR) is 71.0 cm³/mol. The van der Waals surface area contributed by atoms with Crippen molar-refractivity contribution in [1.29, 1.82) is 0 Å². The Morgan fingerprint density at radius 3 is 2.84 bits per heavy atom. The quantitative estimate of drug-likeness (QED) is 0.658. The molecule has 1 amide bonds. The normalized spacial score (nSPS) is 18.6. The molecule has 1 aliphatic rings. The van der Waals surface area contributed by atoms with E-state index in [2.05, 4.69) is 0 Å². The Hall–Kier alpha value is -1.95. The van der Waals surface area contributed by atoms with Crippen LogP contribution in [0.25, 0.3) is 0 Å². The smallest absolute Gasteiger partial charge is 0.273 e. The molecule has 2 rings (SSSR count). The highest BCUT2D eigenvalue weighted by molar-refractivity contribution is 5.95. The number of nitrogens with two attached hydrogens (primary N) is 1. The number of carbonyl (C=O) groups is 1. The van der Waals surface area contributed by atoms with Crippen LogP contribution in [0.3, 0.4) is 0 Å². The van der Waals surface area contributed by atoms with Crippen molar-refractivity contribution in [3.8, 4) is 0 Å². The molecule has 0 unspecified atom stereocenters. The summed E-state index contributed by atoms with van der Waals surface area (Å²) in [5.41, 5.74) is 6.77. The van der Waals surface area contributed by atoms with Crippen LogP contribution in [0, 0.1) is 10.1 Å². The molecule has 2 N–H and O–H groups in total. The molecule has 0 saturated carbocycles. The number of benzene rings is 1. The molecule has 1 saturated heterocycles. The Labute approximate surface area is 111 Å². The summed E-state index contributed by atoms with van der Waals surface area (Å²) in [5.74, 6) is -0.182. The van der Waals surface area contributed by atoms with Gasteiger partial charge in [-0.2, -0.15) is 0 Å². The van der Waals surface area contributed by atoms with E-state index < -0.39 is 4.92 Å². The minimum Gasteiger partial charge on any atom is -0.337 e. The molecule has 6 nitrogen and oxygen atoms in total. The molecular weight excluding hydrogens is 246 g/mol. The van der Waals surface area contributed by atoms with E-state index in [1.54, 1.807) is 17.0 Å². The third-order valence-corrected chi connectivity index (χ3v) is 3.42. The van der Waals surface area contributed by atoms with Crippen LogP contribution in [-0.2, 0) is 6.42 Å². The molecule has 1 aliphatic heterocycles. The monoisotopic (exact) mass is 263 g/mol. The van der Waals surface area contributed by atoms with Gasteiger partial charge in [0.25, 0.3) is 11.6 Å². The molecule has 0 spiro atoms. The van der Waals surface area contributed by atoms with Crippen molar-refractivity contribution in [1.82, 2.24) is 4.90 Å². The second-order valence-corrected chi connectivity index (χ2v) is 4.75. The second kappa shape index (κ2) is 5.36. The number of nitro groups is 1. The lowest BCUT2D eigenvalue weighted by Gasteiger charge is -2.15. The van der Waals surface area contributed by atoms with E-state index in [-0.39, 0.29) is 17.6 Å². The van der Waals surface area contributed by atoms with E-state index in [4.69, 9.17) is 5.73 Å². The summed E-state index contributed by atoms with van der Waals surface area (Å²) in [4.78, 5) is 24.4. The van der Waals surface area contributed by atoms with Crippen LogP contribution in [-0.4, -0.2) is 34.9 Å². The van der Waals surface area contributed by atoms with Crippen molar-refractivity contribution in [3.63, 3.8) is 0 Å². The number of nitro benzene ring substituents is 1. The molecule has 0 aromatic heterocycles. The van der Waals surface area contributed by atoms with Crippen LogP contribution in [0.5, 0.6) is 0 Å². The van der Waals surface area contributed by atoms with Gasteiger partial charge in [-0.15, -0.1) is 0 Å². The summed E-state index contributed by atoms with van der Waals surface area (Å²) in [6.07, 6.45) is 1.35. The summed E-state index contributed by atoms with van der Waals surface area (Å²) in [7, 11) is 0. The number of carbonyl (C=O) groups excluding carboxylic acids is 1. The molecule has 0 radical (unpaired) electrons. The lowest BCUT2D eigenvalue weighted by Crippen LogP contribution is -2.31. The van der Waals surface area contributed by atoms with Crippen LogP contribution in [0.1, 0.15) is 29.3 Å². The number of hydrogen-bond donors (Lipinski definition) is 1. The van der Waals surface area contributed by atoms with E-state index in [1.165, 1.54) is 6.07 Å². The first kappa shape index (κ1) is 13.5. The third kappa shape index (κ3) is 2.73. The fourth-order valence-corrected chi connectivity index (χ4v) is 2.32. The molecule has 102 valence electrons. The maximum Gasteiger partial charge on any atom is 0.273 e. The summed E-state index contributed by atoms with van der Waals surface area (Å²) < 4.78 is 0. The van der Waals surface area contributed by atoms with E-state index in [1.807, 2.05) is 6.92 Å². The largest absolute Gasteiger partial charge is 0.337 e. The molecule has 19 heavy (non-hydrogen) atoms. The average molecular weight is 263 g/mol. The van der Waals surface area contributed by atoms with Crippen molar-refractivity contribution < 1.29 is 9.72 Å². The van der Waals surface area contributed by atoms with Crippen molar-refractivity contribution in [3.05, 3.63) is 39.4 Å². The standard InChI is InChI=1S/C13H17N3O3/c1-2-9-3-4-10(7-12(9)16(18)19)13(17)15-6-5-11(14)8-15/h3-4,7,11H,2,5-6,8,14H2,1H3/t11-/m1/s1. The first-order chi connectivity index (χ1) is 9.02. The second-order valence-electron chi connectivity index (χ2n) is 4.75. The van der Waals surface area contributed by atoms with Crippen molar-refractivity contribution in [2.24, 2.45) is 5.73 Å². The molecular formula is C13H17N3O3. The van der Waals surface area contributed by atoms with Gasteiger partial charge in [0, 0.05) is 36.3 Å². The van der Waals surface area contributed by atoms with Gasteiger partial charge in [0.05, 0.1) is 4.92 Å². The first-order valence-corrected chi connectivity index (χ1v) is 6.35. The lowest BCUT2D eigenvalue weighted by atomic mass is 10.1. The van der Waals surface area contributed by atoms with E-state index in [9.17, 15) is 14.9 Å². The van der Waals surface area contributed by atoms with Gasteiger partial charge in [-0.3, -0.25) is 14.9 Å². The van der Waals surface area contributed by atoms with Crippen LogP contribution in [0.15, 0.2) is 18.2 Å². The molecule has 1 aromatic carbocycles. The van der Waals surface area contributed by atoms with E-state index in [0.717, 1.165) is 6.42 Å². The van der Waals surface area contributed by atoms with Gasteiger partial charge in [0.2, 0.25) is 0 Å². The lowest BCUT2D eigenvalue weighted by molar-refractivity contribution is -0.385. The fraction of sp³-hybridized carbons (Fsp3) is 0.462. The average Bonchev–Trinajstić information content (AvgIpc) is 2.83. The molecule has 1 aromatic rings. The minimum absolute atomic E-state index is 0.00820. The van der Waals surface area contributed by atoms with Crippen LogP contribution >= 0.6 is 0 Å². The molecule has 1 fully saturated rings. The molecule has 1 atom stereocenters. The van der Waals surface area contributed by atoms with Gasteiger partial charge in [0.1, 0.15) is 0 Å². The van der Waals surface area contributed by atoms with Gasteiger partial charge in [-0.05, 0) is 18.9 Å². The van der Waals surface area contributed by atoms with Gasteiger partial charge >= 0.3 is 0 Å².